The third kappa shape index (κ3) is 2.91. The summed E-state index contributed by atoms with van der Waals surface area (Å²) in [5.41, 5.74) is 4.25. The van der Waals surface area contributed by atoms with E-state index in [1.54, 1.807) is 0 Å². The molecular formula is C21H28N4. The molecule has 0 radical (unpaired) electrons. The highest BCUT2D eigenvalue weighted by Crippen LogP contribution is 2.37. The van der Waals surface area contributed by atoms with Crippen molar-refractivity contribution in [2.75, 3.05) is 6.54 Å². The molecule has 4 heteroatoms. The number of benzene rings is 1. The van der Waals surface area contributed by atoms with E-state index in [2.05, 4.69) is 52.0 Å². The Bertz CT molecular complexity index is 739. The lowest BCUT2D eigenvalue weighted by atomic mass is 9.98. The number of piperidine rings is 1. The Morgan fingerprint density at radius 2 is 1.88 bits per heavy atom. The number of imidazole rings is 1. The van der Waals surface area contributed by atoms with Gasteiger partial charge in [-0.3, -0.25) is 4.90 Å². The van der Waals surface area contributed by atoms with Crippen LogP contribution in [0.2, 0.25) is 0 Å². The zero-order valence-corrected chi connectivity index (χ0v) is 15.1. The van der Waals surface area contributed by atoms with Crippen LogP contribution < -0.4 is 5.32 Å². The number of nitrogens with one attached hydrogen (secondary N) is 1. The molecule has 1 aromatic carbocycles. The summed E-state index contributed by atoms with van der Waals surface area (Å²) >= 11 is 0. The molecule has 2 fully saturated rings. The number of aryl methyl sites for hydroxylation is 1. The van der Waals surface area contributed by atoms with Crippen LogP contribution >= 0.6 is 0 Å². The fourth-order valence-electron chi connectivity index (χ4n) is 5.29. The van der Waals surface area contributed by atoms with Gasteiger partial charge in [-0.05, 0) is 38.2 Å². The molecular weight excluding hydrogens is 308 g/mol. The maximum Gasteiger partial charge on any atom is 0.106 e. The summed E-state index contributed by atoms with van der Waals surface area (Å²) in [6, 6.07) is 12.9. The molecule has 2 bridgehead atoms. The van der Waals surface area contributed by atoms with E-state index in [1.807, 2.05) is 0 Å². The van der Waals surface area contributed by atoms with Crippen molar-refractivity contribution in [3.05, 3.63) is 53.1 Å². The van der Waals surface area contributed by atoms with Gasteiger partial charge >= 0.3 is 0 Å². The molecule has 0 spiro atoms. The minimum Gasteiger partial charge on any atom is -0.329 e. The second kappa shape index (κ2) is 6.26. The van der Waals surface area contributed by atoms with Gasteiger partial charge in [0.25, 0.3) is 0 Å². The number of rotatable bonds is 3. The van der Waals surface area contributed by atoms with Crippen LogP contribution in [-0.2, 0) is 19.5 Å². The summed E-state index contributed by atoms with van der Waals surface area (Å²) in [5.74, 6) is 1.23. The van der Waals surface area contributed by atoms with Crippen LogP contribution in [0, 0.1) is 6.92 Å². The maximum atomic E-state index is 4.99. The maximum absolute atomic E-state index is 4.99. The summed E-state index contributed by atoms with van der Waals surface area (Å²) in [7, 11) is 0. The van der Waals surface area contributed by atoms with Crippen molar-refractivity contribution in [2.24, 2.45) is 0 Å². The number of aromatic nitrogens is 2. The van der Waals surface area contributed by atoms with Crippen molar-refractivity contribution in [1.82, 2.24) is 19.8 Å². The summed E-state index contributed by atoms with van der Waals surface area (Å²) in [4.78, 5) is 7.53. The van der Waals surface area contributed by atoms with Gasteiger partial charge in [-0.15, -0.1) is 0 Å². The van der Waals surface area contributed by atoms with Crippen molar-refractivity contribution < 1.29 is 0 Å². The number of hydrogen-bond donors (Lipinski definition) is 1. The first-order chi connectivity index (χ1) is 12.3. The molecule has 0 saturated carbocycles. The molecule has 2 atom stereocenters. The Kier molecular flexibility index (Phi) is 3.90. The Balaban J connectivity index is 1.36. The lowest BCUT2D eigenvalue weighted by molar-refractivity contribution is 0.233. The van der Waals surface area contributed by atoms with Gasteiger partial charge < -0.3 is 9.88 Å². The van der Waals surface area contributed by atoms with Crippen molar-refractivity contribution >= 4 is 0 Å². The highest BCUT2D eigenvalue weighted by atomic mass is 15.2. The Hall–Kier alpha value is -1.65. The van der Waals surface area contributed by atoms with Gasteiger partial charge in [-0.25, -0.2) is 4.98 Å². The Labute approximate surface area is 150 Å². The van der Waals surface area contributed by atoms with E-state index < -0.39 is 0 Å². The fraction of sp³-hybridized carbons (Fsp3) is 0.571. The van der Waals surface area contributed by atoms with Crippen LogP contribution in [0.4, 0.5) is 0 Å². The van der Waals surface area contributed by atoms with Crippen LogP contribution in [0.3, 0.4) is 0 Å². The molecule has 5 rings (SSSR count). The lowest BCUT2D eigenvalue weighted by Crippen LogP contribution is -2.40. The molecule has 1 aromatic heterocycles. The van der Waals surface area contributed by atoms with Crippen molar-refractivity contribution in [1.29, 1.82) is 0 Å². The Morgan fingerprint density at radius 1 is 1.12 bits per heavy atom. The summed E-state index contributed by atoms with van der Waals surface area (Å²) in [6.45, 7) is 5.38. The highest BCUT2D eigenvalue weighted by molar-refractivity contribution is 5.23. The predicted molar refractivity (Wildman–Crippen MR) is 99.4 cm³/mol. The Morgan fingerprint density at radius 3 is 2.64 bits per heavy atom. The zero-order chi connectivity index (χ0) is 16.8. The molecule has 3 aliphatic rings. The normalized spacial score (nSPS) is 28.9. The van der Waals surface area contributed by atoms with Crippen LogP contribution in [-0.4, -0.2) is 33.1 Å². The van der Waals surface area contributed by atoms with E-state index in [-0.39, 0.29) is 0 Å². The first-order valence-electron chi connectivity index (χ1n) is 9.85. The first-order valence-corrected chi connectivity index (χ1v) is 9.85. The van der Waals surface area contributed by atoms with E-state index in [0.717, 1.165) is 38.1 Å². The minimum atomic E-state index is 0.663. The van der Waals surface area contributed by atoms with Crippen LogP contribution in [0.1, 0.15) is 54.5 Å². The van der Waals surface area contributed by atoms with E-state index in [1.165, 1.54) is 48.5 Å². The van der Waals surface area contributed by atoms with Crippen molar-refractivity contribution in [3.63, 3.8) is 0 Å². The van der Waals surface area contributed by atoms with Gasteiger partial charge in [0.05, 0.1) is 5.69 Å². The number of fused-ring (bicyclic) bond motifs is 3. The van der Waals surface area contributed by atoms with Gasteiger partial charge in [-0.1, -0.05) is 30.3 Å². The van der Waals surface area contributed by atoms with Crippen LogP contribution in [0.15, 0.2) is 30.3 Å². The average Bonchev–Trinajstić information content (AvgIpc) is 3.13. The standard InChI is InChI=1S/C21H28N4/c1-15-22-20-14-24(13-16-5-3-2-4-6-16)10-9-21(20)25(15)19-11-17-7-8-18(12-19)23-17/h2-6,17-19,23H,7-14H2,1H3. The smallest absolute Gasteiger partial charge is 0.106 e. The van der Waals surface area contributed by atoms with Gasteiger partial charge in [0.2, 0.25) is 0 Å². The first kappa shape index (κ1) is 15.6. The van der Waals surface area contributed by atoms with Crippen molar-refractivity contribution in [3.8, 4) is 0 Å². The fourth-order valence-corrected chi connectivity index (χ4v) is 5.29. The zero-order valence-electron chi connectivity index (χ0n) is 15.1. The molecule has 0 aliphatic carbocycles. The molecule has 2 aromatic rings. The van der Waals surface area contributed by atoms with Gasteiger partial charge in [0, 0.05) is 49.9 Å². The van der Waals surface area contributed by atoms with Gasteiger partial charge in [-0.2, -0.15) is 0 Å². The third-order valence-corrected chi connectivity index (χ3v) is 6.37. The van der Waals surface area contributed by atoms with Crippen LogP contribution in [0.5, 0.6) is 0 Å². The summed E-state index contributed by atoms with van der Waals surface area (Å²) in [6.07, 6.45) is 6.44. The second-order valence-electron chi connectivity index (χ2n) is 8.13. The molecule has 4 heterocycles. The topological polar surface area (TPSA) is 33.1 Å². The second-order valence-corrected chi connectivity index (χ2v) is 8.13. The summed E-state index contributed by atoms with van der Waals surface area (Å²) < 4.78 is 2.61. The van der Waals surface area contributed by atoms with E-state index >= 15 is 0 Å². The molecule has 2 saturated heterocycles. The molecule has 2 unspecified atom stereocenters. The largest absolute Gasteiger partial charge is 0.329 e. The predicted octanol–water partition coefficient (Wildman–Crippen LogP) is 3.21. The van der Waals surface area contributed by atoms with Gasteiger partial charge in [0.15, 0.2) is 0 Å². The molecule has 132 valence electrons. The quantitative estimate of drug-likeness (QED) is 0.934. The molecule has 3 aliphatic heterocycles. The SMILES string of the molecule is Cc1nc2c(n1C1CC3CCC(C1)N3)CCN(Cc1ccccc1)C2. The summed E-state index contributed by atoms with van der Waals surface area (Å²) in [5, 5.41) is 3.77. The lowest BCUT2D eigenvalue weighted by Gasteiger charge is -2.33. The van der Waals surface area contributed by atoms with E-state index in [9.17, 15) is 0 Å². The number of nitrogens with zero attached hydrogens (tertiary/aromatic N) is 3. The van der Waals surface area contributed by atoms with E-state index in [4.69, 9.17) is 4.98 Å². The average molecular weight is 336 g/mol. The van der Waals surface area contributed by atoms with Gasteiger partial charge in [0.1, 0.15) is 5.82 Å². The number of hydrogen-bond acceptors (Lipinski definition) is 3. The monoisotopic (exact) mass is 336 g/mol. The minimum absolute atomic E-state index is 0.663. The molecule has 4 nitrogen and oxygen atoms in total. The van der Waals surface area contributed by atoms with E-state index in [0.29, 0.717) is 6.04 Å². The third-order valence-electron chi connectivity index (χ3n) is 6.37. The van der Waals surface area contributed by atoms with Crippen molar-refractivity contribution in [2.45, 2.75) is 70.2 Å². The molecule has 0 amide bonds. The molecule has 1 N–H and O–H groups in total. The highest BCUT2D eigenvalue weighted by Gasteiger charge is 2.36. The molecule has 25 heavy (non-hydrogen) atoms. The van der Waals surface area contributed by atoms with Crippen LogP contribution in [0.25, 0.3) is 0 Å².